The number of nitrogens with one attached hydrogen (secondary N) is 2. The van der Waals surface area contributed by atoms with E-state index in [0.29, 0.717) is 23.7 Å². The smallest absolute Gasteiger partial charge is 0.231 e. The molecule has 1 aromatic heterocycles. The number of aromatic nitrogens is 1. The average Bonchev–Trinajstić information content (AvgIpc) is 3.49. The molecule has 2 heterocycles. The molecule has 0 aliphatic carbocycles. The van der Waals surface area contributed by atoms with Gasteiger partial charge in [-0.2, -0.15) is 0 Å². The van der Waals surface area contributed by atoms with Gasteiger partial charge in [0.15, 0.2) is 11.5 Å². The molecule has 5 rings (SSSR count). The van der Waals surface area contributed by atoms with Crippen LogP contribution in [0.25, 0.3) is 22.2 Å². The molecule has 0 spiro atoms. The molecule has 0 bridgehead atoms. The maximum absolute atomic E-state index is 13.4. The number of rotatable bonds is 9. The van der Waals surface area contributed by atoms with Crippen molar-refractivity contribution in [1.82, 2.24) is 10.3 Å². The van der Waals surface area contributed by atoms with E-state index in [9.17, 15) is 14.3 Å². The van der Waals surface area contributed by atoms with Gasteiger partial charge in [-0.3, -0.25) is 4.79 Å². The summed E-state index contributed by atoms with van der Waals surface area (Å²) in [5.74, 6) is 1.33. The lowest BCUT2D eigenvalue weighted by molar-refractivity contribution is -0.121. The number of H-pyrrole nitrogens is 1. The summed E-state index contributed by atoms with van der Waals surface area (Å²) in [5, 5.41) is 14.0. The number of ether oxygens (including phenoxy) is 3. The topological polar surface area (TPSA) is 92.8 Å². The van der Waals surface area contributed by atoms with Gasteiger partial charge in [0.05, 0.1) is 0 Å². The Morgan fingerprint density at radius 3 is 2.74 bits per heavy atom. The molecule has 7 nitrogen and oxygen atoms in total. The second kappa shape index (κ2) is 10.1. The molecular weight excluding hydrogens is 451 g/mol. The Balaban J connectivity index is 1.16. The van der Waals surface area contributed by atoms with Crippen molar-refractivity contribution in [2.45, 2.75) is 18.9 Å². The number of benzene rings is 3. The molecule has 3 N–H and O–H groups in total. The minimum atomic E-state index is -0.868. The number of aliphatic hydroxyl groups excluding tert-OH is 1. The van der Waals surface area contributed by atoms with E-state index in [-0.39, 0.29) is 38.1 Å². The van der Waals surface area contributed by atoms with Crippen LogP contribution < -0.4 is 19.5 Å². The lowest BCUT2D eigenvalue weighted by Crippen LogP contribution is -2.35. The summed E-state index contributed by atoms with van der Waals surface area (Å²) >= 11 is 0. The minimum Gasteiger partial charge on any atom is -0.491 e. The Bertz CT molecular complexity index is 1340. The first-order valence-electron chi connectivity index (χ1n) is 11.4. The number of fused-ring (bicyclic) bond motifs is 2. The summed E-state index contributed by atoms with van der Waals surface area (Å²) in [4.78, 5) is 15.9. The first kappa shape index (κ1) is 22.7. The lowest BCUT2D eigenvalue weighted by atomic mass is 10.0. The summed E-state index contributed by atoms with van der Waals surface area (Å²) in [5.41, 5.74) is 3.68. The van der Waals surface area contributed by atoms with Crippen LogP contribution in [0.2, 0.25) is 0 Å². The van der Waals surface area contributed by atoms with Gasteiger partial charge >= 0.3 is 0 Å². The van der Waals surface area contributed by atoms with E-state index in [4.69, 9.17) is 14.2 Å². The first-order chi connectivity index (χ1) is 17.1. The fraction of sp³-hybridized carbons (Fsp3) is 0.222. The molecule has 0 saturated heterocycles. The third-order valence-electron chi connectivity index (χ3n) is 5.87. The van der Waals surface area contributed by atoms with Crippen molar-refractivity contribution >= 4 is 16.8 Å². The zero-order valence-electron chi connectivity index (χ0n) is 18.9. The van der Waals surface area contributed by atoms with Crippen LogP contribution in [-0.4, -0.2) is 42.0 Å². The quantitative estimate of drug-likeness (QED) is 0.337. The van der Waals surface area contributed by atoms with E-state index < -0.39 is 6.10 Å². The molecule has 180 valence electrons. The number of carbonyl (C=O) groups is 1. The number of halogens is 1. The van der Waals surface area contributed by atoms with E-state index in [1.54, 1.807) is 30.3 Å². The predicted molar refractivity (Wildman–Crippen MR) is 129 cm³/mol. The van der Waals surface area contributed by atoms with Crippen molar-refractivity contribution in [3.05, 3.63) is 78.1 Å². The lowest BCUT2D eigenvalue weighted by Gasteiger charge is -2.14. The van der Waals surface area contributed by atoms with Gasteiger partial charge in [0.2, 0.25) is 12.7 Å². The van der Waals surface area contributed by atoms with E-state index in [1.807, 2.05) is 24.3 Å². The van der Waals surface area contributed by atoms with Crippen molar-refractivity contribution in [2.24, 2.45) is 0 Å². The summed E-state index contributed by atoms with van der Waals surface area (Å²) < 4.78 is 29.6. The fourth-order valence-electron chi connectivity index (χ4n) is 4.10. The molecule has 0 saturated carbocycles. The number of aromatic amines is 1. The Labute approximate surface area is 201 Å². The largest absolute Gasteiger partial charge is 0.491 e. The summed E-state index contributed by atoms with van der Waals surface area (Å²) in [6, 6.07) is 19.3. The van der Waals surface area contributed by atoms with Crippen LogP contribution in [0.4, 0.5) is 4.39 Å². The van der Waals surface area contributed by atoms with Crippen LogP contribution >= 0.6 is 0 Å². The van der Waals surface area contributed by atoms with Crippen molar-refractivity contribution in [3.8, 4) is 28.5 Å². The molecule has 1 aliphatic heterocycles. The molecule has 1 atom stereocenters. The van der Waals surface area contributed by atoms with Gasteiger partial charge in [-0.05, 0) is 60.0 Å². The Morgan fingerprint density at radius 1 is 1.09 bits per heavy atom. The Hall–Kier alpha value is -4.04. The number of hydrogen-bond donors (Lipinski definition) is 3. The van der Waals surface area contributed by atoms with E-state index in [0.717, 1.165) is 27.7 Å². The second-order valence-electron chi connectivity index (χ2n) is 8.32. The number of aliphatic hydroxyl groups is 1. The van der Waals surface area contributed by atoms with Crippen LogP contribution in [-0.2, 0) is 11.2 Å². The van der Waals surface area contributed by atoms with Crippen molar-refractivity contribution in [3.63, 3.8) is 0 Å². The SMILES string of the molecule is O=C(CCc1c(-c2ccc(F)cc2)[nH]c2ccccc12)NCC(O)COc1ccc2c(c1)OCO2. The predicted octanol–water partition coefficient (Wildman–Crippen LogP) is 4.19. The maximum Gasteiger partial charge on any atom is 0.231 e. The van der Waals surface area contributed by atoms with Gasteiger partial charge in [0.25, 0.3) is 0 Å². The van der Waals surface area contributed by atoms with E-state index >= 15 is 0 Å². The van der Waals surface area contributed by atoms with Gasteiger partial charge < -0.3 is 29.6 Å². The zero-order chi connectivity index (χ0) is 24.2. The summed E-state index contributed by atoms with van der Waals surface area (Å²) in [7, 11) is 0. The van der Waals surface area contributed by atoms with Crippen molar-refractivity contribution < 1.29 is 28.5 Å². The number of amides is 1. The van der Waals surface area contributed by atoms with Crippen LogP contribution in [0.15, 0.2) is 66.7 Å². The molecule has 35 heavy (non-hydrogen) atoms. The van der Waals surface area contributed by atoms with Gasteiger partial charge in [-0.15, -0.1) is 0 Å². The molecule has 0 fully saturated rings. The van der Waals surface area contributed by atoms with Gasteiger partial charge in [-0.25, -0.2) is 4.39 Å². The number of hydrogen-bond acceptors (Lipinski definition) is 5. The number of aryl methyl sites for hydroxylation is 1. The van der Waals surface area contributed by atoms with E-state index in [1.165, 1.54) is 12.1 Å². The van der Waals surface area contributed by atoms with Gasteiger partial charge in [-0.1, -0.05) is 18.2 Å². The summed E-state index contributed by atoms with van der Waals surface area (Å²) in [6.07, 6.45) is -0.134. The molecule has 0 radical (unpaired) electrons. The highest BCUT2D eigenvalue weighted by Gasteiger charge is 2.17. The van der Waals surface area contributed by atoms with E-state index in [2.05, 4.69) is 10.3 Å². The minimum absolute atomic E-state index is 0.0249. The van der Waals surface area contributed by atoms with Crippen LogP contribution in [0, 0.1) is 5.82 Å². The van der Waals surface area contributed by atoms with Crippen molar-refractivity contribution in [1.29, 1.82) is 0 Å². The zero-order valence-corrected chi connectivity index (χ0v) is 18.9. The Morgan fingerprint density at radius 2 is 1.89 bits per heavy atom. The standard InChI is InChI=1S/C27H25FN2O5/c28-18-7-5-17(6-8-18)27-22(21-3-1-2-4-23(21)30-27)10-12-26(32)29-14-19(31)15-33-20-9-11-24-25(13-20)35-16-34-24/h1-9,11,13,19,30-31H,10,12,14-16H2,(H,29,32). The van der Waals surface area contributed by atoms with Crippen molar-refractivity contribution in [2.75, 3.05) is 19.9 Å². The highest BCUT2D eigenvalue weighted by Crippen LogP contribution is 2.35. The Kier molecular flexibility index (Phi) is 6.54. The molecule has 8 heteroatoms. The van der Waals surface area contributed by atoms with Gasteiger partial charge in [0.1, 0.15) is 24.3 Å². The number of para-hydroxylation sites is 1. The molecule has 3 aromatic carbocycles. The third-order valence-corrected chi connectivity index (χ3v) is 5.87. The molecule has 1 aliphatic rings. The normalized spacial score (nSPS) is 13.1. The first-order valence-corrected chi connectivity index (χ1v) is 11.4. The van der Waals surface area contributed by atoms with Crippen LogP contribution in [0.5, 0.6) is 17.2 Å². The van der Waals surface area contributed by atoms with Crippen LogP contribution in [0.1, 0.15) is 12.0 Å². The fourth-order valence-corrected chi connectivity index (χ4v) is 4.10. The molecule has 1 amide bonds. The number of carbonyl (C=O) groups excluding carboxylic acids is 1. The summed E-state index contributed by atoms with van der Waals surface area (Å²) in [6.45, 7) is 0.274. The molecular formula is C27H25FN2O5. The maximum atomic E-state index is 13.4. The monoisotopic (exact) mass is 476 g/mol. The second-order valence-corrected chi connectivity index (χ2v) is 8.32. The molecule has 4 aromatic rings. The van der Waals surface area contributed by atoms with Gasteiger partial charge in [0, 0.05) is 35.6 Å². The molecule has 1 unspecified atom stereocenters. The van der Waals surface area contributed by atoms with Crippen LogP contribution in [0.3, 0.4) is 0 Å². The third kappa shape index (κ3) is 5.22. The highest BCUT2D eigenvalue weighted by molar-refractivity contribution is 5.91. The average molecular weight is 477 g/mol. The highest BCUT2D eigenvalue weighted by atomic mass is 19.1.